The Hall–Kier alpha value is -2.44. The standard InChI is InChI=1S/C15H19N3O4/c1-22-14-7-12-10(6-13(14)20)8-18(15(21)16-12)11-2-4-17(9-19)5-3-11/h6-7,9,11,20H,2-5,8H2,1H3,(H,16,21). The number of ether oxygens (including phenoxy) is 1. The van der Waals surface area contributed by atoms with Crippen molar-refractivity contribution in [1.29, 1.82) is 0 Å². The van der Waals surface area contributed by atoms with Gasteiger partial charge < -0.3 is 25.0 Å². The molecule has 2 N–H and O–H groups in total. The van der Waals surface area contributed by atoms with Gasteiger partial charge in [0.05, 0.1) is 12.8 Å². The quantitative estimate of drug-likeness (QED) is 0.653. The Morgan fingerprint density at radius 1 is 1.36 bits per heavy atom. The molecule has 1 aromatic carbocycles. The summed E-state index contributed by atoms with van der Waals surface area (Å²) in [5, 5.41) is 12.7. The van der Waals surface area contributed by atoms with Crippen LogP contribution in [0.25, 0.3) is 0 Å². The van der Waals surface area contributed by atoms with Gasteiger partial charge in [0.15, 0.2) is 11.5 Å². The second-order valence-electron chi connectivity index (χ2n) is 5.61. The van der Waals surface area contributed by atoms with E-state index in [1.807, 2.05) is 0 Å². The molecule has 1 aromatic rings. The fourth-order valence-corrected chi connectivity index (χ4v) is 3.06. The number of anilines is 1. The summed E-state index contributed by atoms with van der Waals surface area (Å²) < 4.78 is 5.06. The van der Waals surface area contributed by atoms with E-state index in [1.165, 1.54) is 7.11 Å². The van der Waals surface area contributed by atoms with E-state index in [4.69, 9.17) is 4.74 Å². The highest BCUT2D eigenvalue weighted by molar-refractivity contribution is 5.93. The number of phenols is 1. The van der Waals surface area contributed by atoms with Crippen LogP contribution >= 0.6 is 0 Å². The van der Waals surface area contributed by atoms with Gasteiger partial charge in [-0.05, 0) is 24.5 Å². The molecule has 0 bridgehead atoms. The second-order valence-corrected chi connectivity index (χ2v) is 5.61. The number of piperidine rings is 1. The topological polar surface area (TPSA) is 82.1 Å². The van der Waals surface area contributed by atoms with Gasteiger partial charge in [0, 0.05) is 31.7 Å². The Morgan fingerprint density at radius 2 is 2.09 bits per heavy atom. The van der Waals surface area contributed by atoms with Gasteiger partial charge in [-0.15, -0.1) is 0 Å². The number of hydrogen-bond donors (Lipinski definition) is 2. The van der Waals surface area contributed by atoms with Gasteiger partial charge in [-0.25, -0.2) is 4.79 Å². The summed E-state index contributed by atoms with van der Waals surface area (Å²) in [4.78, 5) is 26.6. The number of nitrogens with zero attached hydrogens (tertiary/aromatic N) is 2. The number of fused-ring (bicyclic) bond motifs is 1. The zero-order valence-corrected chi connectivity index (χ0v) is 12.4. The maximum atomic E-state index is 12.3. The molecule has 22 heavy (non-hydrogen) atoms. The third-order valence-electron chi connectivity index (χ3n) is 4.34. The third kappa shape index (κ3) is 2.54. The Balaban J connectivity index is 1.78. The minimum atomic E-state index is -0.148. The van der Waals surface area contributed by atoms with Crippen molar-refractivity contribution in [3.63, 3.8) is 0 Å². The normalized spacial score (nSPS) is 18.7. The Bertz CT molecular complexity index is 597. The average Bonchev–Trinajstić information content (AvgIpc) is 2.54. The summed E-state index contributed by atoms with van der Waals surface area (Å²) in [7, 11) is 1.47. The number of hydrogen-bond acceptors (Lipinski definition) is 4. The van der Waals surface area contributed by atoms with E-state index < -0.39 is 0 Å². The molecule has 3 rings (SSSR count). The molecule has 0 unspecified atom stereocenters. The van der Waals surface area contributed by atoms with Crippen LogP contribution in [0.5, 0.6) is 11.5 Å². The van der Waals surface area contributed by atoms with Gasteiger partial charge in [-0.3, -0.25) is 4.79 Å². The van der Waals surface area contributed by atoms with Gasteiger partial charge in [0.1, 0.15) is 0 Å². The van der Waals surface area contributed by atoms with Crippen molar-refractivity contribution >= 4 is 18.1 Å². The van der Waals surface area contributed by atoms with E-state index in [0.29, 0.717) is 31.1 Å². The molecule has 2 aliphatic heterocycles. The first kappa shape index (κ1) is 14.5. The van der Waals surface area contributed by atoms with Crippen LogP contribution in [-0.4, -0.2) is 53.6 Å². The summed E-state index contributed by atoms with van der Waals surface area (Å²) in [6.45, 7) is 1.78. The highest BCUT2D eigenvalue weighted by Crippen LogP contribution is 2.36. The first-order valence-electron chi connectivity index (χ1n) is 7.29. The van der Waals surface area contributed by atoms with Crippen LogP contribution in [0.15, 0.2) is 12.1 Å². The first-order valence-corrected chi connectivity index (χ1v) is 7.29. The maximum absolute atomic E-state index is 12.3. The Kier molecular flexibility index (Phi) is 3.79. The van der Waals surface area contributed by atoms with E-state index in [2.05, 4.69) is 5.32 Å². The molecule has 0 spiro atoms. The highest BCUT2D eigenvalue weighted by atomic mass is 16.5. The highest BCUT2D eigenvalue weighted by Gasteiger charge is 2.31. The number of carbonyl (C=O) groups excluding carboxylic acids is 2. The monoisotopic (exact) mass is 305 g/mol. The van der Waals surface area contributed by atoms with Crippen LogP contribution in [0.3, 0.4) is 0 Å². The zero-order chi connectivity index (χ0) is 15.7. The smallest absolute Gasteiger partial charge is 0.322 e. The largest absolute Gasteiger partial charge is 0.504 e. The number of likely N-dealkylation sites (tertiary alicyclic amines) is 1. The fraction of sp³-hybridized carbons (Fsp3) is 0.467. The van der Waals surface area contributed by atoms with Crippen molar-refractivity contribution < 1.29 is 19.4 Å². The van der Waals surface area contributed by atoms with Crippen LogP contribution in [0.2, 0.25) is 0 Å². The summed E-state index contributed by atoms with van der Waals surface area (Å²) >= 11 is 0. The molecule has 0 saturated carbocycles. The lowest BCUT2D eigenvalue weighted by Gasteiger charge is -2.39. The molecule has 2 heterocycles. The lowest BCUT2D eigenvalue weighted by Crippen LogP contribution is -2.49. The molecule has 0 atom stereocenters. The molecule has 2 aliphatic rings. The molecule has 1 saturated heterocycles. The number of phenolic OH excluding ortho intramolecular Hbond substituents is 1. The predicted molar refractivity (Wildman–Crippen MR) is 79.9 cm³/mol. The minimum absolute atomic E-state index is 0.0631. The van der Waals surface area contributed by atoms with Crippen LogP contribution in [0.1, 0.15) is 18.4 Å². The van der Waals surface area contributed by atoms with Crippen molar-refractivity contribution in [1.82, 2.24) is 9.80 Å². The van der Waals surface area contributed by atoms with Crippen LogP contribution < -0.4 is 10.1 Å². The molecule has 7 heteroatoms. The summed E-state index contributed by atoms with van der Waals surface area (Å²) in [6.07, 6.45) is 2.39. The summed E-state index contributed by atoms with van der Waals surface area (Å²) in [5.74, 6) is 0.403. The van der Waals surface area contributed by atoms with Crippen molar-refractivity contribution in [2.45, 2.75) is 25.4 Å². The molecule has 0 aliphatic carbocycles. The van der Waals surface area contributed by atoms with Crippen molar-refractivity contribution in [3.05, 3.63) is 17.7 Å². The van der Waals surface area contributed by atoms with E-state index in [-0.39, 0.29) is 17.8 Å². The first-order chi connectivity index (χ1) is 10.6. The van der Waals surface area contributed by atoms with Crippen LogP contribution in [0.4, 0.5) is 10.5 Å². The summed E-state index contributed by atoms with van der Waals surface area (Å²) in [6, 6.07) is 3.22. The molecule has 3 amide bonds. The lowest BCUT2D eigenvalue weighted by molar-refractivity contribution is -0.119. The van der Waals surface area contributed by atoms with Crippen LogP contribution in [-0.2, 0) is 11.3 Å². The minimum Gasteiger partial charge on any atom is -0.504 e. The number of carbonyl (C=O) groups is 2. The van der Waals surface area contributed by atoms with Gasteiger partial charge in [0.25, 0.3) is 0 Å². The van der Waals surface area contributed by atoms with Gasteiger partial charge in [0.2, 0.25) is 6.41 Å². The number of methoxy groups -OCH3 is 1. The Morgan fingerprint density at radius 3 is 2.73 bits per heavy atom. The van der Waals surface area contributed by atoms with Crippen LogP contribution in [0, 0.1) is 0 Å². The van der Waals surface area contributed by atoms with Gasteiger partial charge in [-0.1, -0.05) is 0 Å². The predicted octanol–water partition coefficient (Wildman–Crippen LogP) is 1.37. The van der Waals surface area contributed by atoms with E-state index in [0.717, 1.165) is 24.8 Å². The number of benzene rings is 1. The number of urea groups is 1. The number of amides is 3. The number of nitrogens with one attached hydrogen (secondary N) is 1. The van der Waals surface area contributed by atoms with Gasteiger partial charge in [-0.2, -0.15) is 0 Å². The van der Waals surface area contributed by atoms with E-state index in [9.17, 15) is 14.7 Å². The molecule has 7 nitrogen and oxygen atoms in total. The third-order valence-corrected chi connectivity index (χ3v) is 4.34. The molecular formula is C15H19N3O4. The number of aromatic hydroxyl groups is 1. The summed E-state index contributed by atoms with van der Waals surface area (Å²) in [5.41, 5.74) is 1.52. The van der Waals surface area contributed by atoms with E-state index in [1.54, 1.807) is 21.9 Å². The average molecular weight is 305 g/mol. The maximum Gasteiger partial charge on any atom is 0.322 e. The molecule has 0 aromatic heterocycles. The second kappa shape index (κ2) is 5.75. The van der Waals surface area contributed by atoms with Crippen molar-refractivity contribution in [2.24, 2.45) is 0 Å². The van der Waals surface area contributed by atoms with Crippen molar-refractivity contribution in [3.8, 4) is 11.5 Å². The van der Waals surface area contributed by atoms with Crippen molar-refractivity contribution in [2.75, 3.05) is 25.5 Å². The molecule has 1 fully saturated rings. The van der Waals surface area contributed by atoms with E-state index >= 15 is 0 Å². The molecule has 0 radical (unpaired) electrons. The lowest BCUT2D eigenvalue weighted by atomic mass is 10.0. The molecule has 118 valence electrons. The fourth-order valence-electron chi connectivity index (χ4n) is 3.06. The molecular weight excluding hydrogens is 286 g/mol. The number of rotatable bonds is 3. The van der Waals surface area contributed by atoms with Gasteiger partial charge >= 0.3 is 6.03 Å². The Labute approximate surface area is 128 Å². The zero-order valence-electron chi connectivity index (χ0n) is 12.4. The SMILES string of the molecule is COc1cc2c(cc1O)CN(C1CCN(C=O)CC1)C(=O)N2.